The molecule has 1 heteroatoms. The lowest BCUT2D eigenvalue weighted by Gasteiger charge is -2.19. The lowest BCUT2D eigenvalue weighted by Crippen LogP contribution is -2.18. The van der Waals surface area contributed by atoms with Crippen LogP contribution in [0.25, 0.3) is 0 Å². The Bertz CT molecular complexity index is 317. The average molecular weight is 233 g/mol. The topological polar surface area (TPSA) is 3.24 Å². The number of hydrogen-bond donors (Lipinski definition) is 0. The summed E-state index contributed by atoms with van der Waals surface area (Å²) >= 11 is 0. The van der Waals surface area contributed by atoms with E-state index >= 15 is 0 Å². The molecule has 0 aliphatic heterocycles. The Morgan fingerprint density at radius 3 is 2.53 bits per heavy atom. The van der Waals surface area contributed by atoms with Crippen LogP contribution in [-0.2, 0) is 6.42 Å². The molecule has 0 radical (unpaired) electrons. The van der Waals surface area contributed by atoms with Gasteiger partial charge in [-0.1, -0.05) is 49.6 Å². The van der Waals surface area contributed by atoms with E-state index in [2.05, 4.69) is 57.1 Å². The first kappa shape index (κ1) is 14.2. The van der Waals surface area contributed by atoms with E-state index in [-0.39, 0.29) is 0 Å². The lowest BCUT2D eigenvalue weighted by molar-refractivity contribution is 0.336. The Labute approximate surface area is 107 Å². The van der Waals surface area contributed by atoms with Gasteiger partial charge in [0.05, 0.1) is 0 Å². The van der Waals surface area contributed by atoms with Gasteiger partial charge in [-0.05, 0) is 51.9 Å². The van der Waals surface area contributed by atoms with Crippen molar-refractivity contribution in [2.75, 3.05) is 20.6 Å². The predicted octanol–water partition coefficient (Wildman–Crippen LogP) is 3.91. The number of aryl methyl sites for hydroxylation is 1. The van der Waals surface area contributed by atoms with Gasteiger partial charge in [0.1, 0.15) is 0 Å². The molecule has 1 aromatic carbocycles. The molecule has 1 rings (SSSR count). The summed E-state index contributed by atoms with van der Waals surface area (Å²) in [7, 11) is 4.32. The first-order valence-corrected chi connectivity index (χ1v) is 6.82. The van der Waals surface area contributed by atoms with E-state index in [1.807, 2.05) is 0 Å². The van der Waals surface area contributed by atoms with Crippen LogP contribution in [-0.4, -0.2) is 25.5 Å². The summed E-state index contributed by atoms with van der Waals surface area (Å²) in [6.07, 6.45) is 5.20. The maximum Gasteiger partial charge on any atom is -0.00221 e. The van der Waals surface area contributed by atoms with Crippen LogP contribution in [0.15, 0.2) is 24.3 Å². The minimum absolute atomic E-state index is 0.837. The van der Waals surface area contributed by atoms with Crippen LogP contribution in [0.1, 0.15) is 37.3 Å². The lowest BCUT2D eigenvalue weighted by atomic mass is 9.91. The highest BCUT2D eigenvalue weighted by Crippen LogP contribution is 2.18. The Morgan fingerprint density at radius 1 is 1.18 bits per heavy atom. The Hall–Kier alpha value is -0.820. The molecule has 1 atom stereocenters. The van der Waals surface area contributed by atoms with Crippen LogP contribution in [0.5, 0.6) is 0 Å². The van der Waals surface area contributed by atoms with E-state index in [9.17, 15) is 0 Å². The molecule has 0 bridgehead atoms. The van der Waals surface area contributed by atoms with Crippen LogP contribution in [0.3, 0.4) is 0 Å². The van der Waals surface area contributed by atoms with E-state index in [1.54, 1.807) is 0 Å². The molecule has 0 N–H and O–H groups in total. The van der Waals surface area contributed by atoms with E-state index in [4.69, 9.17) is 0 Å². The molecule has 0 amide bonds. The fraction of sp³-hybridized carbons (Fsp3) is 0.625. The van der Waals surface area contributed by atoms with Gasteiger partial charge in [0.15, 0.2) is 0 Å². The minimum atomic E-state index is 0.837. The number of benzene rings is 1. The molecule has 0 aromatic heterocycles. The van der Waals surface area contributed by atoms with E-state index in [1.165, 1.54) is 43.4 Å². The van der Waals surface area contributed by atoms with Gasteiger partial charge in [0, 0.05) is 0 Å². The van der Waals surface area contributed by atoms with E-state index < -0.39 is 0 Å². The quantitative estimate of drug-likeness (QED) is 0.690. The van der Waals surface area contributed by atoms with Gasteiger partial charge in [-0.2, -0.15) is 0 Å². The molecule has 0 saturated carbocycles. The third kappa shape index (κ3) is 5.88. The van der Waals surface area contributed by atoms with Crippen molar-refractivity contribution in [2.45, 2.75) is 39.5 Å². The average Bonchev–Trinajstić information content (AvgIpc) is 2.26. The smallest absolute Gasteiger partial charge is 0.00221 e. The molecule has 17 heavy (non-hydrogen) atoms. The fourth-order valence-electron chi connectivity index (χ4n) is 2.37. The summed E-state index contributed by atoms with van der Waals surface area (Å²) in [6.45, 7) is 5.67. The van der Waals surface area contributed by atoms with Gasteiger partial charge in [-0.3, -0.25) is 0 Å². The first-order chi connectivity index (χ1) is 8.11. The highest BCUT2D eigenvalue weighted by atomic mass is 15.0. The van der Waals surface area contributed by atoms with Crippen molar-refractivity contribution < 1.29 is 0 Å². The number of hydrogen-bond acceptors (Lipinski definition) is 1. The van der Waals surface area contributed by atoms with Gasteiger partial charge in [0.25, 0.3) is 0 Å². The minimum Gasteiger partial charge on any atom is -0.309 e. The van der Waals surface area contributed by atoms with Crippen molar-refractivity contribution in [3.63, 3.8) is 0 Å². The van der Waals surface area contributed by atoms with Gasteiger partial charge in [0.2, 0.25) is 0 Å². The highest BCUT2D eigenvalue weighted by Gasteiger charge is 2.09. The number of nitrogens with zero attached hydrogens (tertiary/aromatic N) is 1. The summed E-state index contributed by atoms with van der Waals surface area (Å²) in [5.74, 6) is 0.837. The Kier molecular flexibility index (Phi) is 6.28. The van der Waals surface area contributed by atoms with Crippen molar-refractivity contribution in [1.29, 1.82) is 0 Å². The normalized spacial score (nSPS) is 13.0. The van der Waals surface area contributed by atoms with Gasteiger partial charge in [-0.15, -0.1) is 0 Å². The van der Waals surface area contributed by atoms with Crippen LogP contribution >= 0.6 is 0 Å². The second-order valence-corrected chi connectivity index (χ2v) is 5.44. The third-order valence-electron chi connectivity index (χ3n) is 3.29. The van der Waals surface area contributed by atoms with Crippen molar-refractivity contribution in [3.8, 4) is 0 Å². The third-order valence-corrected chi connectivity index (χ3v) is 3.29. The van der Waals surface area contributed by atoms with Gasteiger partial charge in [-0.25, -0.2) is 0 Å². The molecule has 0 spiro atoms. The van der Waals surface area contributed by atoms with Crippen molar-refractivity contribution in [3.05, 3.63) is 35.4 Å². The molecular formula is C16H27N. The molecule has 0 fully saturated rings. The zero-order chi connectivity index (χ0) is 12.7. The summed E-state index contributed by atoms with van der Waals surface area (Å²) in [5, 5.41) is 0. The molecule has 1 nitrogen and oxygen atoms in total. The maximum absolute atomic E-state index is 2.33. The van der Waals surface area contributed by atoms with Crippen LogP contribution in [0.4, 0.5) is 0 Å². The highest BCUT2D eigenvalue weighted by molar-refractivity contribution is 5.22. The SMILES string of the molecule is CCC[C@H](CCN(C)C)Cc1cccc(C)c1. The maximum atomic E-state index is 2.33. The van der Waals surface area contributed by atoms with Gasteiger partial charge >= 0.3 is 0 Å². The molecular weight excluding hydrogens is 206 g/mol. The van der Waals surface area contributed by atoms with Crippen molar-refractivity contribution >= 4 is 0 Å². The summed E-state index contributed by atoms with van der Waals surface area (Å²) in [4.78, 5) is 2.29. The Balaban J connectivity index is 2.53. The van der Waals surface area contributed by atoms with Crippen LogP contribution in [0.2, 0.25) is 0 Å². The van der Waals surface area contributed by atoms with Crippen LogP contribution < -0.4 is 0 Å². The van der Waals surface area contributed by atoms with Crippen molar-refractivity contribution in [2.24, 2.45) is 5.92 Å². The standard InChI is InChI=1S/C16H27N/c1-5-7-15(10-11-17(3)4)13-16-9-6-8-14(2)12-16/h6,8-9,12,15H,5,7,10-11,13H2,1-4H3/t15-/m1/s1. The fourth-order valence-corrected chi connectivity index (χ4v) is 2.37. The molecule has 0 unspecified atom stereocenters. The molecule has 1 aromatic rings. The van der Waals surface area contributed by atoms with Gasteiger partial charge < -0.3 is 4.90 Å². The second-order valence-electron chi connectivity index (χ2n) is 5.44. The van der Waals surface area contributed by atoms with Crippen LogP contribution in [0, 0.1) is 12.8 Å². The predicted molar refractivity (Wildman–Crippen MR) is 76.5 cm³/mol. The monoisotopic (exact) mass is 233 g/mol. The largest absolute Gasteiger partial charge is 0.309 e. The summed E-state index contributed by atoms with van der Waals surface area (Å²) in [5.41, 5.74) is 2.88. The number of rotatable bonds is 7. The van der Waals surface area contributed by atoms with E-state index in [0.29, 0.717) is 0 Å². The zero-order valence-electron chi connectivity index (χ0n) is 11.9. The first-order valence-electron chi connectivity index (χ1n) is 6.82. The molecule has 96 valence electrons. The van der Waals surface area contributed by atoms with Crippen molar-refractivity contribution in [1.82, 2.24) is 4.90 Å². The molecule has 0 saturated heterocycles. The molecule has 0 aliphatic rings. The Morgan fingerprint density at radius 2 is 1.94 bits per heavy atom. The molecule has 0 aliphatic carbocycles. The summed E-state index contributed by atoms with van der Waals surface area (Å²) < 4.78 is 0. The zero-order valence-corrected chi connectivity index (χ0v) is 11.9. The molecule has 0 heterocycles. The second kappa shape index (κ2) is 7.50. The van der Waals surface area contributed by atoms with E-state index in [0.717, 1.165) is 5.92 Å². The summed E-state index contributed by atoms with van der Waals surface area (Å²) in [6, 6.07) is 8.96.